The Kier molecular flexibility index (Phi) is 3.99. The van der Waals surface area contributed by atoms with Crippen LogP contribution in [0.2, 0.25) is 0 Å². The number of ether oxygens (including phenoxy) is 1. The van der Waals surface area contributed by atoms with Crippen LogP contribution in [-0.2, 0) is 17.6 Å². The van der Waals surface area contributed by atoms with E-state index in [1.807, 2.05) is 24.3 Å². The van der Waals surface area contributed by atoms with E-state index in [0.717, 1.165) is 17.5 Å². The first-order valence-electron chi connectivity index (χ1n) is 6.97. The van der Waals surface area contributed by atoms with Gasteiger partial charge < -0.3 is 9.84 Å². The highest BCUT2D eigenvalue weighted by molar-refractivity contribution is 5.32. The Morgan fingerprint density at radius 2 is 1.81 bits per heavy atom. The molecule has 0 aromatic heterocycles. The van der Waals surface area contributed by atoms with Gasteiger partial charge in [0.15, 0.2) is 0 Å². The first-order chi connectivity index (χ1) is 10.2. The molecule has 1 heterocycles. The van der Waals surface area contributed by atoms with E-state index in [9.17, 15) is 13.9 Å². The quantitative estimate of drug-likeness (QED) is 0.940. The van der Waals surface area contributed by atoms with Crippen LogP contribution in [0.5, 0.6) is 0 Å². The molecule has 21 heavy (non-hydrogen) atoms. The van der Waals surface area contributed by atoms with E-state index in [1.54, 1.807) is 0 Å². The summed E-state index contributed by atoms with van der Waals surface area (Å²) >= 11 is 0. The van der Waals surface area contributed by atoms with E-state index in [2.05, 4.69) is 0 Å². The standard InChI is InChI=1S/C17H16F2O2/c18-14-6-3-7-15(19)13(14)10-16(20)17-12-5-2-1-4-11(12)8-9-21-17/h1-7,16-17,20H,8-10H2. The average Bonchev–Trinajstić information content (AvgIpc) is 2.50. The smallest absolute Gasteiger partial charge is 0.129 e. The van der Waals surface area contributed by atoms with Gasteiger partial charge in [-0.2, -0.15) is 0 Å². The van der Waals surface area contributed by atoms with Crippen LogP contribution >= 0.6 is 0 Å². The minimum Gasteiger partial charge on any atom is -0.390 e. The Bertz CT molecular complexity index is 622. The second-order valence-electron chi connectivity index (χ2n) is 5.21. The van der Waals surface area contributed by atoms with Crippen LogP contribution in [0.25, 0.3) is 0 Å². The summed E-state index contributed by atoms with van der Waals surface area (Å²) in [6, 6.07) is 11.4. The van der Waals surface area contributed by atoms with Crippen molar-refractivity contribution in [2.75, 3.05) is 6.61 Å². The van der Waals surface area contributed by atoms with Crippen LogP contribution in [0.3, 0.4) is 0 Å². The lowest BCUT2D eigenvalue weighted by Gasteiger charge is -2.30. The van der Waals surface area contributed by atoms with Crippen LogP contribution in [0.15, 0.2) is 42.5 Å². The van der Waals surface area contributed by atoms with Crippen molar-refractivity contribution in [3.63, 3.8) is 0 Å². The molecule has 1 aliphatic heterocycles. The molecule has 3 rings (SSSR count). The molecule has 2 aromatic rings. The third-order valence-corrected chi connectivity index (χ3v) is 3.85. The van der Waals surface area contributed by atoms with Gasteiger partial charge in [-0.3, -0.25) is 0 Å². The Morgan fingerprint density at radius 1 is 1.10 bits per heavy atom. The molecule has 1 N–H and O–H groups in total. The third kappa shape index (κ3) is 2.82. The highest BCUT2D eigenvalue weighted by atomic mass is 19.1. The molecule has 0 fully saturated rings. The van der Waals surface area contributed by atoms with Gasteiger partial charge in [0.05, 0.1) is 12.7 Å². The maximum Gasteiger partial charge on any atom is 0.129 e. The van der Waals surface area contributed by atoms with E-state index in [-0.39, 0.29) is 12.0 Å². The fourth-order valence-electron chi connectivity index (χ4n) is 2.79. The lowest BCUT2D eigenvalue weighted by Crippen LogP contribution is -2.29. The molecular weight excluding hydrogens is 274 g/mol. The van der Waals surface area contributed by atoms with Crippen molar-refractivity contribution >= 4 is 0 Å². The minimum absolute atomic E-state index is 0.100. The predicted octanol–water partition coefficient (Wildman–Crippen LogP) is 3.18. The van der Waals surface area contributed by atoms with Crippen molar-refractivity contribution in [1.29, 1.82) is 0 Å². The summed E-state index contributed by atoms with van der Waals surface area (Å²) in [6.07, 6.45) is -0.864. The number of hydrogen-bond acceptors (Lipinski definition) is 2. The molecule has 2 aromatic carbocycles. The molecule has 0 spiro atoms. The van der Waals surface area contributed by atoms with Crippen molar-refractivity contribution in [3.05, 3.63) is 70.8 Å². The van der Waals surface area contributed by atoms with Crippen LogP contribution in [0.1, 0.15) is 22.8 Å². The lowest BCUT2D eigenvalue weighted by molar-refractivity contribution is -0.0465. The number of hydrogen-bond donors (Lipinski definition) is 1. The largest absolute Gasteiger partial charge is 0.390 e. The summed E-state index contributed by atoms with van der Waals surface area (Å²) in [6.45, 7) is 0.499. The summed E-state index contributed by atoms with van der Waals surface area (Å²) in [7, 11) is 0. The van der Waals surface area contributed by atoms with Crippen LogP contribution in [-0.4, -0.2) is 17.8 Å². The van der Waals surface area contributed by atoms with Crippen molar-refractivity contribution in [1.82, 2.24) is 0 Å². The molecule has 2 nitrogen and oxygen atoms in total. The SMILES string of the molecule is OC(Cc1c(F)cccc1F)C1OCCc2ccccc21. The van der Waals surface area contributed by atoms with E-state index in [0.29, 0.717) is 6.61 Å². The second-order valence-corrected chi connectivity index (χ2v) is 5.21. The van der Waals surface area contributed by atoms with Gasteiger partial charge in [0.2, 0.25) is 0 Å². The number of halogens is 2. The van der Waals surface area contributed by atoms with E-state index in [4.69, 9.17) is 4.74 Å². The van der Waals surface area contributed by atoms with E-state index >= 15 is 0 Å². The molecule has 0 saturated carbocycles. The van der Waals surface area contributed by atoms with Gasteiger partial charge >= 0.3 is 0 Å². The van der Waals surface area contributed by atoms with Crippen molar-refractivity contribution in [3.8, 4) is 0 Å². The Balaban J connectivity index is 1.85. The first kappa shape index (κ1) is 14.2. The zero-order valence-electron chi connectivity index (χ0n) is 11.4. The summed E-state index contributed by atoms with van der Waals surface area (Å²) in [5.74, 6) is -1.28. The molecule has 1 aliphatic rings. The lowest BCUT2D eigenvalue weighted by atomic mass is 9.91. The summed E-state index contributed by atoms with van der Waals surface area (Å²) in [5.41, 5.74) is 1.91. The van der Waals surface area contributed by atoms with Crippen molar-refractivity contribution in [2.45, 2.75) is 25.0 Å². The van der Waals surface area contributed by atoms with Crippen molar-refractivity contribution < 1.29 is 18.6 Å². The van der Waals surface area contributed by atoms with Gasteiger partial charge in [-0.05, 0) is 29.7 Å². The number of benzene rings is 2. The number of aliphatic hydroxyl groups excluding tert-OH is 1. The average molecular weight is 290 g/mol. The Morgan fingerprint density at radius 3 is 2.57 bits per heavy atom. The topological polar surface area (TPSA) is 29.5 Å². The summed E-state index contributed by atoms with van der Waals surface area (Å²) in [5, 5.41) is 10.4. The highest BCUT2D eigenvalue weighted by Crippen LogP contribution is 2.31. The number of fused-ring (bicyclic) bond motifs is 1. The molecule has 0 saturated heterocycles. The summed E-state index contributed by atoms with van der Waals surface area (Å²) < 4.78 is 33.0. The second kappa shape index (κ2) is 5.92. The van der Waals surface area contributed by atoms with Gasteiger partial charge in [-0.15, -0.1) is 0 Å². The maximum absolute atomic E-state index is 13.7. The van der Waals surface area contributed by atoms with Crippen LogP contribution in [0, 0.1) is 11.6 Å². The van der Waals surface area contributed by atoms with E-state index < -0.39 is 23.8 Å². The molecule has 0 bridgehead atoms. The zero-order valence-corrected chi connectivity index (χ0v) is 11.4. The maximum atomic E-state index is 13.7. The molecule has 2 atom stereocenters. The van der Waals surface area contributed by atoms with Gasteiger partial charge in [-0.25, -0.2) is 8.78 Å². The molecule has 110 valence electrons. The highest BCUT2D eigenvalue weighted by Gasteiger charge is 2.28. The number of rotatable bonds is 3. The van der Waals surface area contributed by atoms with Gasteiger partial charge in [0.1, 0.15) is 17.7 Å². The molecule has 0 radical (unpaired) electrons. The predicted molar refractivity (Wildman–Crippen MR) is 74.9 cm³/mol. The summed E-state index contributed by atoms with van der Waals surface area (Å²) in [4.78, 5) is 0. The minimum atomic E-state index is -0.988. The third-order valence-electron chi connectivity index (χ3n) is 3.85. The van der Waals surface area contributed by atoms with Gasteiger partial charge in [0.25, 0.3) is 0 Å². The van der Waals surface area contributed by atoms with Gasteiger partial charge in [-0.1, -0.05) is 30.3 Å². The van der Waals surface area contributed by atoms with Gasteiger partial charge in [0, 0.05) is 12.0 Å². The first-order valence-corrected chi connectivity index (χ1v) is 6.97. The fourth-order valence-corrected chi connectivity index (χ4v) is 2.79. The Labute approximate surface area is 122 Å². The molecule has 0 amide bonds. The number of aliphatic hydroxyl groups is 1. The molecule has 2 unspecified atom stereocenters. The fraction of sp³-hybridized carbons (Fsp3) is 0.294. The van der Waals surface area contributed by atoms with Crippen molar-refractivity contribution in [2.24, 2.45) is 0 Å². The monoisotopic (exact) mass is 290 g/mol. The molecule has 0 aliphatic carbocycles. The zero-order chi connectivity index (χ0) is 14.8. The van der Waals surface area contributed by atoms with Crippen LogP contribution < -0.4 is 0 Å². The van der Waals surface area contributed by atoms with Crippen LogP contribution in [0.4, 0.5) is 8.78 Å². The Hall–Kier alpha value is -1.78. The van der Waals surface area contributed by atoms with E-state index in [1.165, 1.54) is 18.2 Å². The molecular formula is C17H16F2O2. The molecule has 4 heteroatoms. The normalized spacial score (nSPS) is 19.1.